The maximum atomic E-state index is 12.3. The Morgan fingerprint density at radius 3 is 2.59 bits per heavy atom. The summed E-state index contributed by atoms with van der Waals surface area (Å²) in [4.78, 5) is 24.4. The lowest BCUT2D eigenvalue weighted by atomic mass is 10.1. The highest BCUT2D eigenvalue weighted by molar-refractivity contribution is 6.32. The van der Waals surface area contributed by atoms with Gasteiger partial charge >= 0.3 is 5.97 Å². The Hall–Kier alpha value is -2.73. The Bertz CT molecular complexity index is 861. The highest BCUT2D eigenvalue weighted by Gasteiger charge is 2.20. The number of ether oxygens (including phenoxy) is 3. The number of hydrogen-bond acceptors (Lipinski definition) is 5. The summed E-state index contributed by atoms with van der Waals surface area (Å²) >= 11 is 6.18. The molecule has 2 aromatic carbocycles. The molecule has 1 amide bonds. The number of carbonyl (C=O) groups excluding carboxylic acids is 2. The van der Waals surface area contributed by atoms with Gasteiger partial charge in [0.1, 0.15) is 0 Å². The van der Waals surface area contributed by atoms with Crippen molar-refractivity contribution in [2.75, 3.05) is 25.1 Å². The second-order valence-electron chi connectivity index (χ2n) is 6.23. The second-order valence-corrected chi connectivity index (χ2v) is 6.63. The zero-order valence-corrected chi connectivity index (χ0v) is 15.9. The lowest BCUT2D eigenvalue weighted by Gasteiger charge is -2.13. The van der Waals surface area contributed by atoms with Gasteiger partial charge in [-0.1, -0.05) is 29.8 Å². The van der Waals surface area contributed by atoms with E-state index in [-0.39, 0.29) is 10.6 Å². The van der Waals surface area contributed by atoms with Crippen molar-refractivity contribution >= 4 is 29.2 Å². The molecule has 27 heavy (non-hydrogen) atoms. The molecule has 7 heteroatoms. The largest absolute Gasteiger partial charge is 0.489 e. The standard InChI is InChI=1S/C20H20ClNO5/c1-12-5-3-6-13(2)18(12)22-17(23)11-27-20(24)14-9-15(21)19-16(10-14)25-7-4-8-26-19/h3,5-6,9-10H,4,7-8,11H2,1-2H3,(H,22,23). The van der Waals surface area contributed by atoms with Gasteiger partial charge in [0.2, 0.25) is 0 Å². The van der Waals surface area contributed by atoms with Gasteiger partial charge < -0.3 is 19.5 Å². The van der Waals surface area contributed by atoms with Crippen LogP contribution in [0.1, 0.15) is 27.9 Å². The lowest BCUT2D eigenvalue weighted by Crippen LogP contribution is -2.22. The molecule has 3 rings (SSSR count). The molecule has 0 saturated heterocycles. The van der Waals surface area contributed by atoms with Crippen LogP contribution >= 0.6 is 11.6 Å². The minimum absolute atomic E-state index is 0.198. The van der Waals surface area contributed by atoms with Crippen LogP contribution in [0.2, 0.25) is 5.02 Å². The number of halogens is 1. The van der Waals surface area contributed by atoms with Gasteiger partial charge in [0, 0.05) is 12.1 Å². The van der Waals surface area contributed by atoms with Gasteiger partial charge in [-0.05, 0) is 37.1 Å². The summed E-state index contributed by atoms with van der Waals surface area (Å²) in [5.74, 6) is -0.268. The second kappa shape index (κ2) is 8.31. The molecule has 0 radical (unpaired) electrons. The molecule has 0 aromatic heterocycles. The fourth-order valence-corrected chi connectivity index (χ4v) is 3.02. The number of amides is 1. The van der Waals surface area contributed by atoms with Crippen molar-refractivity contribution in [2.45, 2.75) is 20.3 Å². The van der Waals surface area contributed by atoms with Crippen LogP contribution in [0.4, 0.5) is 5.69 Å². The molecule has 1 aliphatic rings. The molecule has 0 fully saturated rings. The van der Waals surface area contributed by atoms with Crippen LogP contribution in [-0.4, -0.2) is 31.7 Å². The molecule has 0 unspecified atom stereocenters. The Labute approximate surface area is 162 Å². The third-order valence-corrected chi connectivity index (χ3v) is 4.40. The molecule has 1 heterocycles. The third kappa shape index (κ3) is 4.52. The minimum Gasteiger partial charge on any atom is -0.489 e. The van der Waals surface area contributed by atoms with Gasteiger partial charge in [-0.3, -0.25) is 4.79 Å². The zero-order valence-electron chi connectivity index (χ0n) is 15.1. The normalized spacial score (nSPS) is 12.9. The van der Waals surface area contributed by atoms with Crippen LogP contribution in [0.15, 0.2) is 30.3 Å². The monoisotopic (exact) mass is 389 g/mol. The van der Waals surface area contributed by atoms with E-state index in [1.165, 1.54) is 12.1 Å². The van der Waals surface area contributed by atoms with E-state index < -0.39 is 18.5 Å². The number of aryl methyl sites for hydroxylation is 2. The van der Waals surface area contributed by atoms with E-state index in [2.05, 4.69) is 5.32 Å². The van der Waals surface area contributed by atoms with Gasteiger partial charge in [-0.15, -0.1) is 0 Å². The van der Waals surface area contributed by atoms with Crippen molar-refractivity contribution in [1.82, 2.24) is 0 Å². The van der Waals surface area contributed by atoms with E-state index in [9.17, 15) is 9.59 Å². The highest BCUT2D eigenvalue weighted by Crippen LogP contribution is 2.38. The van der Waals surface area contributed by atoms with Crippen LogP contribution in [0, 0.1) is 13.8 Å². The lowest BCUT2D eigenvalue weighted by molar-refractivity contribution is -0.119. The Balaban J connectivity index is 1.65. The van der Waals surface area contributed by atoms with Crippen molar-refractivity contribution in [3.05, 3.63) is 52.0 Å². The van der Waals surface area contributed by atoms with Crippen molar-refractivity contribution in [3.8, 4) is 11.5 Å². The summed E-state index contributed by atoms with van der Waals surface area (Å²) in [6.45, 7) is 4.36. The summed E-state index contributed by atoms with van der Waals surface area (Å²) in [7, 11) is 0. The summed E-state index contributed by atoms with van der Waals surface area (Å²) in [5, 5.41) is 3.03. The summed E-state index contributed by atoms with van der Waals surface area (Å²) < 4.78 is 16.2. The summed E-state index contributed by atoms with van der Waals surface area (Å²) in [6, 6.07) is 8.66. The van der Waals surface area contributed by atoms with Gasteiger partial charge in [0.25, 0.3) is 5.91 Å². The van der Waals surface area contributed by atoms with Gasteiger partial charge in [-0.25, -0.2) is 4.79 Å². The number of nitrogens with one attached hydrogen (secondary N) is 1. The predicted molar refractivity (Wildman–Crippen MR) is 102 cm³/mol. The van der Waals surface area contributed by atoms with E-state index in [1.807, 2.05) is 32.0 Å². The van der Waals surface area contributed by atoms with E-state index in [0.717, 1.165) is 23.2 Å². The van der Waals surface area contributed by atoms with Gasteiger partial charge in [-0.2, -0.15) is 0 Å². The molecule has 142 valence electrons. The first-order valence-corrected chi connectivity index (χ1v) is 8.96. The molecule has 0 saturated carbocycles. The molecule has 1 N–H and O–H groups in total. The summed E-state index contributed by atoms with van der Waals surface area (Å²) in [5.41, 5.74) is 2.79. The van der Waals surface area contributed by atoms with E-state index >= 15 is 0 Å². The predicted octanol–water partition coefficient (Wildman–Crippen LogP) is 3.91. The van der Waals surface area contributed by atoms with Crippen LogP contribution in [0.3, 0.4) is 0 Å². The molecule has 0 spiro atoms. The molecule has 0 atom stereocenters. The molecule has 0 aliphatic carbocycles. The van der Waals surface area contributed by atoms with E-state index in [1.54, 1.807) is 0 Å². The molecular formula is C20H20ClNO5. The first kappa shape index (κ1) is 19.0. The van der Waals surface area contributed by atoms with Crippen LogP contribution in [-0.2, 0) is 9.53 Å². The van der Waals surface area contributed by atoms with Crippen LogP contribution in [0.5, 0.6) is 11.5 Å². The Morgan fingerprint density at radius 1 is 1.15 bits per heavy atom. The smallest absolute Gasteiger partial charge is 0.338 e. The topological polar surface area (TPSA) is 73.9 Å². The van der Waals surface area contributed by atoms with Crippen LogP contribution in [0.25, 0.3) is 0 Å². The van der Waals surface area contributed by atoms with E-state index in [4.69, 9.17) is 25.8 Å². The molecule has 6 nitrogen and oxygen atoms in total. The fraction of sp³-hybridized carbons (Fsp3) is 0.300. The molecule has 0 bridgehead atoms. The zero-order chi connectivity index (χ0) is 19.4. The van der Waals surface area contributed by atoms with Crippen molar-refractivity contribution in [2.24, 2.45) is 0 Å². The maximum absolute atomic E-state index is 12.3. The Morgan fingerprint density at radius 2 is 1.85 bits per heavy atom. The number of esters is 1. The van der Waals surface area contributed by atoms with Crippen molar-refractivity contribution in [1.29, 1.82) is 0 Å². The van der Waals surface area contributed by atoms with E-state index in [0.29, 0.717) is 24.7 Å². The third-order valence-electron chi connectivity index (χ3n) is 4.12. The average Bonchev–Trinajstić information content (AvgIpc) is 2.88. The van der Waals surface area contributed by atoms with Gasteiger partial charge in [0.15, 0.2) is 18.1 Å². The number of rotatable bonds is 4. The first-order valence-electron chi connectivity index (χ1n) is 8.58. The Kier molecular flexibility index (Phi) is 5.86. The van der Waals surface area contributed by atoms with Crippen molar-refractivity contribution < 1.29 is 23.8 Å². The quantitative estimate of drug-likeness (QED) is 0.802. The van der Waals surface area contributed by atoms with Gasteiger partial charge in [0.05, 0.1) is 23.8 Å². The number of hydrogen-bond donors (Lipinski definition) is 1. The van der Waals surface area contributed by atoms with Crippen LogP contribution < -0.4 is 14.8 Å². The SMILES string of the molecule is Cc1cccc(C)c1NC(=O)COC(=O)c1cc(Cl)c2c(c1)OCCCO2. The number of anilines is 1. The maximum Gasteiger partial charge on any atom is 0.338 e. The molecular weight excluding hydrogens is 370 g/mol. The minimum atomic E-state index is -0.663. The highest BCUT2D eigenvalue weighted by atomic mass is 35.5. The summed E-state index contributed by atoms with van der Waals surface area (Å²) in [6.07, 6.45) is 0.725. The number of benzene rings is 2. The molecule has 2 aromatic rings. The average molecular weight is 390 g/mol. The number of carbonyl (C=O) groups is 2. The number of para-hydroxylation sites is 1. The fourth-order valence-electron chi connectivity index (χ4n) is 2.75. The molecule has 1 aliphatic heterocycles. The first-order chi connectivity index (χ1) is 13.0. The number of fused-ring (bicyclic) bond motifs is 1. The van der Waals surface area contributed by atoms with Crippen molar-refractivity contribution in [3.63, 3.8) is 0 Å².